The summed E-state index contributed by atoms with van der Waals surface area (Å²) in [6, 6.07) is 8.25. The molecule has 3 heteroatoms. The van der Waals surface area contributed by atoms with Crippen LogP contribution in [0.2, 0.25) is 0 Å². The van der Waals surface area contributed by atoms with Gasteiger partial charge in [0.05, 0.1) is 5.56 Å². The Hall–Kier alpha value is -1.77. The van der Waals surface area contributed by atoms with Crippen LogP contribution in [0.1, 0.15) is 42.1 Å². The third kappa shape index (κ3) is 1.62. The molecule has 17 heavy (non-hydrogen) atoms. The second-order valence-corrected chi connectivity index (χ2v) is 4.71. The molecule has 1 saturated carbocycles. The molecular weight excluding hydrogens is 214 g/mol. The Morgan fingerprint density at radius 2 is 1.94 bits per heavy atom. The molecule has 0 unspecified atom stereocenters. The Kier molecular flexibility index (Phi) is 2.39. The Bertz CT molecular complexity index is 565. The van der Waals surface area contributed by atoms with E-state index in [1.807, 2.05) is 30.5 Å². The molecule has 0 radical (unpaired) electrons. The largest absolute Gasteiger partial charge is 0.478 e. The molecule has 1 fully saturated rings. The van der Waals surface area contributed by atoms with E-state index in [-0.39, 0.29) is 0 Å². The summed E-state index contributed by atoms with van der Waals surface area (Å²) < 4.78 is 2.16. The number of benzene rings is 1. The zero-order valence-electron chi connectivity index (χ0n) is 9.60. The first-order valence-electron chi connectivity index (χ1n) is 6.10. The van der Waals surface area contributed by atoms with Crippen molar-refractivity contribution in [1.29, 1.82) is 0 Å². The highest BCUT2D eigenvalue weighted by Gasteiger charge is 2.21. The lowest BCUT2D eigenvalue weighted by Gasteiger charge is -2.12. The third-order valence-electron chi connectivity index (χ3n) is 3.69. The predicted octanol–water partition coefficient (Wildman–Crippen LogP) is 3.45. The summed E-state index contributed by atoms with van der Waals surface area (Å²) >= 11 is 0. The number of hydrogen-bond donors (Lipinski definition) is 1. The maximum absolute atomic E-state index is 11.2. The fourth-order valence-electron chi connectivity index (χ4n) is 2.86. The fourth-order valence-corrected chi connectivity index (χ4v) is 2.86. The van der Waals surface area contributed by atoms with Gasteiger partial charge in [0, 0.05) is 23.1 Å². The minimum atomic E-state index is -0.835. The predicted molar refractivity (Wildman–Crippen MR) is 66.4 cm³/mol. The standard InChI is InChI=1S/C14H15NO2/c16-14(17)12-9-15(10-5-1-2-6-10)13-8-4-3-7-11(12)13/h3-4,7-10H,1-2,5-6H2,(H,16,17). The molecule has 2 aromatic rings. The molecule has 88 valence electrons. The molecule has 1 aliphatic rings. The number of carbonyl (C=O) groups is 1. The van der Waals surface area contributed by atoms with Crippen molar-refractivity contribution >= 4 is 16.9 Å². The van der Waals surface area contributed by atoms with E-state index >= 15 is 0 Å². The van der Waals surface area contributed by atoms with Gasteiger partial charge in [-0.3, -0.25) is 0 Å². The Morgan fingerprint density at radius 3 is 2.65 bits per heavy atom. The van der Waals surface area contributed by atoms with Crippen LogP contribution in [0.4, 0.5) is 0 Å². The van der Waals surface area contributed by atoms with Crippen LogP contribution in [0.25, 0.3) is 10.9 Å². The van der Waals surface area contributed by atoms with E-state index in [1.165, 1.54) is 12.8 Å². The number of carboxylic acids is 1. The summed E-state index contributed by atoms with van der Waals surface area (Å²) in [6.07, 6.45) is 6.64. The maximum atomic E-state index is 11.2. The highest BCUT2D eigenvalue weighted by Crippen LogP contribution is 2.34. The van der Waals surface area contributed by atoms with Gasteiger partial charge in [-0.25, -0.2) is 4.79 Å². The molecule has 0 amide bonds. The van der Waals surface area contributed by atoms with Gasteiger partial charge < -0.3 is 9.67 Å². The summed E-state index contributed by atoms with van der Waals surface area (Å²) in [5.41, 5.74) is 1.48. The van der Waals surface area contributed by atoms with E-state index in [9.17, 15) is 9.90 Å². The van der Waals surface area contributed by atoms with Crippen LogP contribution < -0.4 is 0 Å². The van der Waals surface area contributed by atoms with Crippen LogP contribution in [0.3, 0.4) is 0 Å². The van der Waals surface area contributed by atoms with Gasteiger partial charge in [0.2, 0.25) is 0 Å². The number of hydrogen-bond acceptors (Lipinski definition) is 1. The molecule has 0 spiro atoms. The summed E-state index contributed by atoms with van der Waals surface area (Å²) in [4.78, 5) is 11.2. The average Bonchev–Trinajstić information content (AvgIpc) is 2.95. The van der Waals surface area contributed by atoms with Gasteiger partial charge in [0.15, 0.2) is 0 Å². The second-order valence-electron chi connectivity index (χ2n) is 4.71. The molecule has 1 heterocycles. The highest BCUT2D eigenvalue weighted by atomic mass is 16.4. The van der Waals surface area contributed by atoms with E-state index in [4.69, 9.17) is 0 Å². The number of carboxylic acid groups (broad SMARTS) is 1. The topological polar surface area (TPSA) is 42.2 Å². The van der Waals surface area contributed by atoms with Crippen LogP contribution in [0, 0.1) is 0 Å². The van der Waals surface area contributed by atoms with Gasteiger partial charge in [0.25, 0.3) is 0 Å². The van der Waals surface area contributed by atoms with E-state index in [2.05, 4.69) is 4.57 Å². The van der Waals surface area contributed by atoms with Crippen molar-refractivity contribution in [3.63, 3.8) is 0 Å². The first kappa shape index (κ1) is 10.4. The normalized spacial score (nSPS) is 16.7. The average molecular weight is 229 g/mol. The zero-order chi connectivity index (χ0) is 11.8. The smallest absolute Gasteiger partial charge is 0.337 e. The van der Waals surface area contributed by atoms with E-state index < -0.39 is 5.97 Å². The van der Waals surface area contributed by atoms with Gasteiger partial charge in [-0.2, -0.15) is 0 Å². The SMILES string of the molecule is O=C(O)c1cn(C2CCCC2)c2ccccc12. The van der Waals surface area contributed by atoms with Crippen molar-refractivity contribution in [2.75, 3.05) is 0 Å². The molecule has 0 aliphatic heterocycles. The number of fused-ring (bicyclic) bond motifs is 1. The lowest BCUT2D eigenvalue weighted by atomic mass is 10.2. The van der Waals surface area contributed by atoms with Crippen LogP contribution in [-0.4, -0.2) is 15.6 Å². The molecule has 1 N–H and O–H groups in total. The lowest BCUT2D eigenvalue weighted by Crippen LogP contribution is -2.03. The first-order chi connectivity index (χ1) is 8.27. The minimum absolute atomic E-state index is 0.424. The molecule has 3 rings (SSSR count). The number of para-hydroxylation sites is 1. The zero-order valence-corrected chi connectivity index (χ0v) is 9.60. The molecule has 0 saturated heterocycles. The van der Waals surface area contributed by atoms with Crippen molar-refractivity contribution < 1.29 is 9.90 Å². The molecule has 0 atom stereocenters. The Balaban J connectivity index is 2.20. The number of aromatic carboxylic acids is 1. The maximum Gasteiger partial charge on any atom is 0.337 e. The van der Waals surface area contributed by atoms with Crippen LogP contribution in [-0.2, 0) is 0 Å². The second kappa shape index (κ2) is 3.91. The molecule has 1 aromatic heterocycles. The molecule has 3 nitrogen and oxygen atoms in total. The number of nitrogens with zero attached hydrogens (tertiary/aromatic N) is 1. The van der Waals surface area contributed by atoms with E-state index in [0.29, 0.717) is 11.6 Å². The highest BCUT2D eigenvalue weighted by molar-refractivity contribution is 6.03. The molecular formula is C14H15NO2. The summed E-state index contributed by atoms with van der Waals surface area (Å²) in [6.45, 7) is 0. The van der Waals surface area contributed by atoms with Crippen molar-refractivity contribution in [3.8, 4) is 0 Å². The lowest BCUT2D eigenvalue weighted by molar-refractivity contribution is 0.0698. The van der Waals surface area contributed by atoms with Crippen molar-refractivity contribution in [1.82, 2.24) is 4.57 Å². The van der Waals surface area contributed by atoms with Gasteiger partial charge in [-0.15, -0.1) is 0 Å². The van der Waals surface area contributed by atoms with E-state index in [0.717, 1.165) is 23.7 Å². The van der Waals surface area contributed by atoms with Crippen LogP contribution in [0.5, 0.6) is 0 Å². The van der Waals surface area contributed by atoms with Crippen LogP contribution >= 0.6 is 0 Å². The Morgan fingerprint density at radius 1 is 1.24 bits per heavy atom. The number of rotatable bonds is 2. The molecule has 1 aliphatic carbocycles. The third-order valence-corrected chi connectivity index (χ3v) is 3.69. The quantitative estimate of drug-likeness (QED) is 0.856. The first-order valence-corrected chi connectivity index (χ1v) is 6.10. The van der Waals surface area contributed by atoms with Gasteiger partial charge >= 0.3 is 5.97 Å². The van der Waals surface area contributed by atoms with Crippen molar-refractivity contribution in [2.24, 2.45) is 0 Å². The van der Waals surface area contributed by atoms with Crippen molar-refractivity contribution in [2.45, 2.75) is 31.7 Å². The van der Waals surface area contributed by atoms with Gasteiger partial charge in [-0.05, 0) is 18.9 Å². The molecule has 0 bridgehead atoms. The van der Waals surface area contributed by atoms with Gasteiger partial charge in [0.1, 0.15) is 0 Å². The summed E-state index contributed by atoms with van der Waals surface area (Å²) in [5.74, 6) is -0.835. The van der Waals surface area contributed by atoms with Crippen molar-refractivity contribution in [3.05, 3.63) is 36.0 Å². The Labute approximate surface area is 99.7 Å². The summed E-state index contributed by atoms with van der Waals surface area (Å²) in [7, 11) is 0. The van der Waals surface area contributed by atoms with E-state index in [1.54, 1.807) is 0 Å². The molecule has 1 aromatic carbocycles. The van der Waals surface area contributed by atoms with Crippen LogP contribution in [0.15, 0.2) is 30.5 Å². The number of aromatic nitrogens is 1. The fraction of sp³-hybridized carbons (Fsp3) is 0.357. The minimum Gasteiger partial charge on any atom is -0.478 e. The monoisotopic (exact) mass is 229 g/mol. The summed E-state index contributed by atoms with van der Waals surface area (Å²) in [5, 5.41) is 10.1. The van der Waals surface area contributed by atoms with Gasteiger partial charge in [-0.1, -0.05) is 31.0 Å².